The van der Waals surface area contributed by atoms with Gasteiger partial charge in [-0.25, -0.2) is 0 Å². The Morgan fingerprint density at radius 3 is 2.94 bits per heavy atom. The smallest absolute Gasteiger partial charge is 0.0701 e. The first-order valence-corrected chi connectivity index (χ1v) is 8.72. The average Bonchev–Trinajstić information content (AvgIpc) is 2.82. The molecule has 1 aliphatic heterocycles. The van der Waals surface area contributed by atoms with Crippen molar-refractivity contribution in [2.24, 2.45) is 0 Å². The van der Waals surface area contributed by atoms with Gasteiger partial charge in [-0.2, -0.15) is 11.8 Å². The summed E-state index contributed by atoms with van der Waals surface area (Å²) < 4.78 is 1.21. The van der Waals surface area contributed by atoms with Crippen LogP contribution in [0.25, 0.3) is 0 Å². The molecule has 0 bridgehead atoms. The lowest BCUT2D eigenvalue weighted by Gasteiger charge is -2.26. The number of thioether (sulfide) groups is 1. The van der Waals surface area contributed by atoms with Crippen LogP contribution in [0.1, 0.15) is 22.0 Å². The zero-order valence-corrected chi connectivity index (χ0v) is 13.1. The quantitative estimate of drug-likeness (QED) is 0.877. The van der Waals surface area contributed by atoms with E-state index >= 15 is 0 Å². The number of thiophene rings is 1. The second kappa shape index (κ2) is 5.78. The Morgan fingerprint density at radius 2 is 2.11 bits per heavy atom. The fraction of sp³-hybridized carbons (Fsp3) is 0.286. The molecule has 1 atom stereocenters. The number of fused-ring (bicyclic) bond motifs is 1. The molecule has 0 aliphatic carbocycles. The Kier molecular flexibility index (Phi) is 4.09. The summed E-state index contributed by atoms with van der Waals surface area (Å²) in [5, 5.41) is 3.68. The number of hydrogen-bond donors (Lipinski definition) is 1. The van der Waals surface area contributed by atoms with E-state index in [4.69, 9.17) is 0 Å². The van der Waals surface area contributed by atoms with Crippen LogP contribution in [-0.2, 0) is 12.3 Å². The summed E-state index contributed by atoms with van der Waals surface area (Å²) in [5.74, 6) is 2.32. The largest absolute Gasteiger partial charge is 0.304 e. The van der Waals surface area contributed by atoms with Gasteiger partial charge in [0, 0.05) is 29.0 Å². The molecule has 0 spiro atoms. The van der Waals surface area contributed by atoms with Gasteiger partial charge in [-0.05, 0) is 39.2 Å². The van der Waals surface area contributed by atoms with Gasteiger partial charge in [0.15, 0.2) is 0 Å². The highest BCUT2D eigenvalue weighted by molar-refractivity contribution is 9.11. The van der Waals surface area contributed by atoms with E-state index in [1.807, 2.05) is 11.8 Å². The normalized spacial score (nSPS) is 18.6. The number of nitrogens with one attached hydrogen (secondary N) is 1. The van der Waals surface area contributed by atoms with Crippen LogP contribution >= 0.6 is 39.0 Å². The number of benzene rings is 1. The maximum Gasteiger partial charge on any atom is 0.0701 e. The van der Waals surface area contributed by atoms with Crippen molar-refractivity contribution in [2.45, 2.75) is 18.3 Å². The predicted molar refractivity (Wildman–Crippen MR) is 84.2 cm³/mol. The molecule has 1 unspecified atom stereocenters. The van der Waals surface area contributed by atoms with Crippen LogP contribution in [0.4, 0.5) is 0 Å². The third-order valence-corrected chi connectivity index (χ3v) is 5.83. The van der Waals surface area contributed by atoms with Crippen molar-refractivity contribution in [1.29, 1.82) is 0 Å². The van der Waals surface area contributed by atoms with Gasteiger partial charge in [0.05, 0.1) is 3.79 Å². The molecule has 1 aromatic carbocycles. The lowest BCUT2D eigenvalue weighted by molar-refractivity contribution is 0.579. The average molecular weight is 340 g/mol. The van der Waals surface area contributed by atoms with Crippen LogP contribution in [0.3, 0.4) is 0 Å². The first-order valence-electron chi connectivity index (χ1n) is 5.96. The van der Waals surface area contributed by atoms with Gasteiger partial charge < -0.3 is 5.32 Å². The van der Waals surface area contributed by atoms with Crippen LogP contribution < -0.4 is 5.32 Å². The third-order valence-electron chi connectivity index (χ3n) is 3.12. The van der Waals surface area contributed by atoms with E-state index in [0.29, 0.717) is 6.04 Å². The van der Waals surface area contributed by atoms with E-state index in [0.717, 1.165) is 12.3 Å². The maximum atomic E-state index is 3.68. The molecule has 94 valence electrons. The minimum Gasteiger partial charge on any atom is -0.304 e. The summed E-state index contributed by atoms with van der Waals surface area (Å²) >= 11 is 7.33. The summed E-state index contributed by atoms with van der Waals surface area (Å²) in [4.78, 5) is 1.38. The third kappa shape index (κ3) is 2.82. The van der Waals surface area contributed by atoms with Crippen molar-refractivity contribution in [3.05, 3.63) is 56.2 Å². The van der Waals surface area contributed by atoms with Crippen LogP contribution in [0.5, 0.6) is 0 Å². The second-order valence-electron chi connectivity index (χ2n) is 4.35. The topological polar surface area (TPSA) is 12.0 Å². The molecule has 18 heavy (non-hydrogen) atoms. The lowest BCUT2D eigenvalue weighted by Crippen LogP contribution is -2.25. The van der Waals surface area contributed by atoms with E-state index in [-0.39, 0.29) is 0 Å². The van der Waals surface area contributed by atoms with E-state index in [2.05, 4.69) is 57.6 Å². The molecular weight excluding hydrogens is 326 g/mol. The van der Waals surface area contributed by atoms with Crippen LogP contribution in [0.15, 0.2) is 40.2 Å². The van der Waals surface area contributed by atoms with Gasteiger partial charge in [0.2, 0.25) is 0 Å². The molecule has 1 N–H and O–H groups in total. The summed E-state index contributed by atoms with van der Waals surface area (Å²) in [6.07, 6.45) is 0. The van der Waals surface area contributed by atoms with Gasteiger partial charge in [-0.3, -0.25) is 0 Å². The minimum absolute atomic E-state index is 0.487. The molecule has 0 saturated heterocycles. The molecule has 2 heterocycles. The summed E-state index contributed by atoms with van der Waals surface area (Å²) in [6, 6.07) is 13.6. The number of halogens is 1. The van der Waals surface area contributed by atoms with Crippen LogP contribution in [0, 0.1) is 0 Å². The fourth-order valence-electron chi connectivity index (χ4n) is 2.22. The van der Waals surface area contributed by atoms with E-state index in [1.54, 1.807) is 11.3 Å². The highest BCUT2D eigenvalue weighted by Gasteiger charge is 2.19. The highest BCUT2D eigenvalue weighted by Crippen LogP contribution is 2.32. The van der Waals surface area contributed by atoms with E-state index in [1.165, 1.54) is 25.5 Å². The molecule has 0 amide bonds. The minimum atomic E-state index is 0.487. The molecule has 4 heteroatoms. The SMILES string of the molecule is Brc1ccc(CNC2CSCc3ccccc32)s1. The zero-order valence-electron chi connectivity index (χ0n) is 9.86. The van der Waals surface area contributed by atoms with Crippen molar-refractivity contribution in [2.75, 3.05) is 5.75 Å². The van der Waals surface area contributed by atoms with Gasteiger partial charge >= 0.3 is 0 Å². The Balaban J connectivity index is 1.71. The number of rotatable bonds is 3. The highest BCUT2D eigenvalue weighted by atomic mass is 79.9. The summed E-state index contributed by atoms with van der Waals surface area (Å²) in [5.41, 5.74) is 2.96. The van der Waals surface area contributed by atoms with Crippen LogP contribution in [0.2, 0.25) is 0 Å². The number of hydrogen-bond acceptors (Lipinski definition) is 3. The van der Waals surface area contributed by atoms with Crippen molar-refractivity contribution >= 4 is 39.0 Å². The van der Waals surface area contributed by atoms with Gasteiger partial charge in [-0.15, -0.1) is 11.3 Å². The Morgan fingerprint density at radius 1 is 1.22 bits per heavy atom. The first-order chi connectivity index (χ1) is 8.83. The van der Waals surface area contributed by atoms with Crippen molar-refractivity contribution in [3.8, 4) is 0 Å². The van der Waals surface area contributed by atoms with E-state index in [9.17, 15) is 0 Å². The fourth-order valence-corrected chi connectivity index (χ4v) is 4.79. The van der Waals surface area contributed by atoms with Crippen molar-refractivity contribution in [3.63, 3.8) is 0 Å². The van der Waals surface area contributed by atoms with Gasteiger partial charge in [0.25, 0.3) is 0 Å². The summed E-state index contributed by atoms with van der Waals surface area (Å²) in [6.45, 7) is 0.954. The molecule has 1 aromatic heterocycles. The zero-order chi connectivity index (χ0) is 12.4. The van der Waals surface area contributed by atoms with Gasteiger partial charge in [0.1, 0.15) is 0 Å². The molecule has 2 aromatic rings. The molecule has 0 saturated carbocycles. The molecular formula is C14H14BrNS2. The first kappa shape index (κ1) is 12.7. The van der Waals surface area contributed by atoms with Crippen molar-refractivity contribution in [1.82, 2.24) is 5.32 Å². The molecule has 1 nitrogen and oxygen atoms in total. The molecule has 3 rings (SSSR count). The second-order valence-corrected chi connectivity index (χ2v) is 7.93. The lowest BCUT2D eigenvalue weighted by atomic mass is 10.0. The molecule has 0 radical (unpaired) electrons. The standard InChI is InChI=1S/C14H14BrNS2/c15-14-6-5-11(18-14)7-16-13-9-17-8-10-3-1-2-4-12(10)13/h1-6,13,16H,7-9H2. The molecule has 0 fully saturated rings. The van der Waals surface area contributed by atoms with Crippen LogP contribution in [-0.4, -0.2) is 5.75 Å². The van der Waals surface area contributed by atoms with Gasteiger partial charge in [-0.1, -0.05) is 24.3 Å². The Labute approximate surface area is 124 Å². The Bertz CT molecular complexity index is 538. The summed E-state index contributed by atoms with van der Waals surface area (Å²) in [7, 11) is 0. The predicted octanol–water partition coefficient (Wildman–Crippen LogP) is 4.59. The molecule has 1 aliphatic rings. The van der Waals surface area contributed by atoms with Crippen molar-refractivity contribution < 1.29 is 0 Å². The van der Waals surface area contributed by atoms with E-state index < -0.39 is 0 Å². The maximum absolute atomic E-state index is 3.68. The Hall–Kier alpha value is -0.290. The monoisotopic (exact) mass is 339 g/mol.